The summed E-state index contributed by atoms with van der Waals surface area (Å²) in [5.74, 6) is -0.807. The molecule has 0 unspecified atom stereocenters. The van der Waals surface area contributed by atoms with Gasteiger partial charge in [0.05, 0.1) is 19.4 Å². The second kappa shape index (κ2) is 5.22. The molecule has 0 saturated heterocycles. The van der Waals surface area contributed by atoms with Gasteiger partial charge in [-0.2, -0.15) is 13.2 Å². The summed E-state index contributed by atoms with van der Waals surface area (Å²) >= 11 is 0. The highest BCUT2D eigenvalue weighted by molar-refractivity contribution is 5.69. The van der Waals surface area contributed by atoms with Crippen molar-refractivity contribution in [2.45, 2.75) is 19.6 Å². The number of furan rings is 1. The first-order valence-electron chi connectivity index (χ1n) is 4.82. The van der Waals surface area contributed by atoms with E-state index >= 15 is 0 Å². The molecule has 0 bridgehead atoms. The van der Waals surface area contributed by atoms with Crippen molar-refractivity contribution < 1.29 is 27.5 Å². The molecule has 1 aromatic rings. The molecule has 96 valence electrons. The van der Waals surface area contributed by atoms with Gasteiger partial charge in [-0.25, -0.2) is 0 Å². The molecule has 1 N–H and O–H groups in total. The maximum absolute atomic E-state index is 12.2. The van der Waals surface area contributed by atoms with Gasteiger partial charge in [0.2, 0.25) is 0 Å². The van der Waals surface area contributed by atoms with Gasteiger partial charge >= 0.3 is 12.1 Å². The van der Waals surface area contributed by atoms with Crippen molar-refractivity contribution >= 4 is 5.97 Å². The van der Waals surface area contributed by atoms with E-state index < -0.39 is 25.2 Å². The van der Waals surface area contributed by atoms with E-state index in [9.17, 15) is 18.0 Å². The van der Waals surface area contributed by atoms with Crippen molar-refractivity contribution in [1.29, 1.82) is 0 Å². The summed E-state index contributed by atoms with van der Waals surface area (Å²) < 4.78 is 41.6. The predicted molar refractivity (Wildman–Crippen MR) is 52.4 cm³/mol. The van der Waals surface area contributed by atoms with Crippen LogP contribution in [0.4, 0.5) is 13.2 Å². The Morgan fingerprint density at radius 1 is 1.53 bits per heavy atom. The highest BCUT2D eigenvalue weighted by Gasteiger charge is 2.31. The Morgan fingerprint density at radius 3 is 2.59 bits per heavy atom. The van der Waals surface area contributed by atoms with E-state index in [2.05, 4.69) is 0 Å². The number of carboxylic acids is 1. The van der Waals surface area contributed by atoms with Gasteiger partial charge in [-0.3, -0.25) is 9.69 Å². The number of aryl methyl sites for hydroxylation is 1. The lowest BCUT2D eigenvalue weighted by molar-refractivity contribution is -0.154. The fraction of sp³-hybridized carbons (Fsp3) is 0.500. The molecule has 1 aromatic heterocycles. The zero-order valence-corrected chi connectivity index (χ0v) is 9.12. The molecule has 0 aliphatic heterocycles. The van der Waals surface area contributed by atoms with E-state index in [1.807, 2.05) is 0 Å². The van der Waals surface area contributed by atoms with Crippen molar-refractivity contribution in [3.05, 3.63) is 23.7 Å². The molecule has 0 fully saturated rings. The maximum atomic E-state index is 12.2. The quantitative estimate of drug-likeness (QED) is 0.870. The largest absolute Gasteiger partial charge is 0.480 e. The Labute approximate surface area is 95.6 Å². The minimum Gasteiger partial charge on any atom is -0.480 e. The molecule has 0 aromatic carbocycles. The first-order valence-corrected chi connectivity index (χ1v) is 4.82. The van der Waals surface area contributed by atoms with Gasteiger partial charge in [0.1, 0.15) is 5.76 Å². The normalized spacial score (nSPS) is 12.1. The third-order valence-electron chi connectivity index (χ3n) is 2.12. The van der Waals surface area contributed by atoms with Crippen LogP contribution >= 0.6 is 0 Å². The van der Waals surface area contributed by atoms with Crippen LogP contribution in [0.2, 0.25) is 0 Å². The van der Waals surface area contributed by atoms with Crippen molar-refractivity contribution in [3.63, 3.8) is 0 Å². The monoisotopic (exact) mass is 251 g/mol. The number of hydrogen-bond donors (Lipinski definition) is 1. The van der Waals surface area contributed by atoms with Gasteiger partial charge in [-0.05, 0) is 13.0 Å². The van der Waals surface area contributed by atoms with Crippen LogP contribution in [0.15, 0.2) is 16.7 Å². The Bertz CT molecular complexity index is 386. The molecule has 17 heavy (non-hydrogen) atoms. The topological polar surface area (TPSA) is 53.7 Å². The molecule has 0 radical (unpaired) electrons. The number of halogens is 3. The van der Waals surface area contributed by atoms with Gasteiger partial charge in [0.15, 0.2) is 0 Å². The Kier molecular flexibility index (Phi) is 4.17. The first kappa shape index (κ1) is 13.6. The number of aliphatic carboxylic acids is 1. The molecular formula is C10H12F3NO3. The fourth-order valence-corrected chi connectivity index (χ4v) is 1.43. The highest BCUT2D eigenvalue weighted by Crippen LogP contribution is 2.19. The van der Waals surface area contributed by atoms with Crippen LogP contribution < -0.4 is 0 Å². The highest BCUT2D eigenvalue weighted by atomic mass is 19.4. The molecule has 0 saturated carbocycles. The minimum atomic E-state index is -4.42. The third kappa shape index (κ3) is 4.90. The SMILES string of the molecule is Cc1occc1CN(CC(=O)O)CC(F)(F)F. The number of nitrogens with zero attached hydrogens (tertiary/aromatic N) is 1. The van der Waals surface area contributed by atoms with Crippen molar-refractivity contribution in [2.24, 2.45) is 0 Å². The molecule has 0 atom stereocenters. The molecule has 1 rings (SSSR count). The number of carbonyl (C=O) groups is 1. The summed E-state index contributed by atoms with van der Waals surface area (Å²) in [5.41, 5.74) is 0.551. The zero-order valence-electron chi connectivity index (χ0n) is 9.12. The van der Waals surface area contributed by atoms with Crippen LogP contribution in [-0.2, 0) is 11.3 Å². The Hall–Kier alpha value is -1.50. The first-order chi connectivity index (χ1) is 7.78. The summed E-state index contributed by atoms with van der Waals surface area (Å²) in [5, 5.41) is 8.55. The van der Waals surface area contributed by atoms with Crippen molar-refractivity contribution in [1.82, 2.24) is 4.90 Å². The third-order valence-corrected chi connectivity index (χ3v) is 2.12. The molecule has 1 heterocycles. The van der Waals surface area contributed by atoms with Gasteiger partial charge in [0.25, 0.3) is 0 Å². The summed E-state index contributed by atoms with van der Waals surface area (Å²) in [6, 6.07) is 1.53. The van der Waals surface area contributed by atoms with Gasteiger partial charge in [-0.15, -0.1) is 0 Å². The summed E-state index contributed by atoms with van der Waals surface area (Å²) in [7, 11) is 0. The summed E-state index contributed by atoms with van der Waals surface area (Å²) in [4.78, 5) is 11.3. The van der Waals surface area contributed by atoms with Crippen LogP contribution in [0.25, 0.3) is 0 Å². The lowest BCUT2D eigenvalue weighted by atomic mass is 10.2. The second-order valence-electron chi connectivity index (χ2n) is 3.66. The zero-order chi connectivity index (χ0) is 13.1. The van der Waals surface area contributed by atoms with E-state index in [0.717, 1.165) is 4.90 Å². The Morgan fingerprint density at radius 2 is 2.18 bits per heavy atom. The van der Waals surface area contributed by atoms with Crippen LogP contribution in [-0.4, -0.2) is 35.2 Å². The maximum Gasteiger partial charge on any atom is 0.401 e. The minimum absolute atomic E-state index is 0.103. The van der Waals surface area contributed by atoms with Gasteiger partial charge in [0, 0.05) is 12.1 Å². The average molecular weight is 251 g/mol. The standard InChI is InChI=1S/C10H12F3NO3/c1-7-8(2-3-17-7)4-14(5-9(15)16)6-10(11,12)13/h2-3H,4-6H2,1H3,(H,15,16). The predicted octanol–water partition coefficient (Wildman–Crippen LogP) is 2.04. The van der Waals surface area contributed by atoms with Crippen molar-refractivity contribution in [2.75, 3.05) is 13.1 Å². The molecular weight excluding hydrogens is 239 g/mol. The Balaban J connectivity index is 2.70. The number of carboxylic acid groups (broad SMARTS) is 1. The average Bonchev–Trinajstić information content (AvgIpc) is 2.47. The van der Waals surface area contributed by atoms with E-state index in [0.29, 0.717) is 11.3 Å². The second-order valence-corrected chi connectivity index (χ2v) is 3.66. The fourth-order valence-electron chi connectivity index (χ4n) is 1.43. The van der Waals surface area contributed by atoms with Gasteiger partial charge in [-0.1, -0.05) is 0 Å². The van der Waals surface area contributed by atoms with E-state index in [1.54, 1.807) is 6.92 Å². The van der Waals surface area contributed by atoms with E-state index in [4.69, 9.17) is 9.52 Å². The lowest BCUT2D eigenvalue weighted by Gasteiger charge is -2.21. The number of alkyl halides is 3. The molecule has 0 aliphatic rings. The van der Waals surface area contributed by atoms with E-state index in [-0.39, 0.29) is 6.54 Å². The summed E-state index contributed by atoms with van der Waals surface area (Å²) in [6.07, 6.45) is -3.07. The lowest BCUT2D eigenvalue weighted by Crippen LogP contribution is -2.37. The van der Waals surface area contributed by atoms with Crippen molar-refractivity contribution in [3.8, 4) is 0 Å². The molecule has 7 heteroatoms. The van der Waals surface area contributed by atoms with Crippen LogP contribution in [0.3, 0.4) is 0 Å². The van der Waals surface area contributed by atoms with Gasteiger partial charge < -0.3 is 9.52 Å². The van der Waals surface area contributed by atoms with Crippen LogP contribution in [0, 0.1) is 6.92 Å². The van der Waals surface area contributed by atoms with Crippen LogP contribution in [0.5, 0.6) is 0 Å². The number of hydrogen-bond acceptors (Lipinski definition) is 3. The van der Waals surface area contributed by atoms with Crippen LogP contribution in [0.1, 0.15) is 11.3 Å². The molecule has 0 amide bonds. The van der Waals surface area contributed by atoms with E-state index in [1.165, 1.54) is 12.3 Å². The summed E-state index contributed by atoms with van der Waals surface area (Å²) in [6.45, 7) is -0.413. The molecule has 0 aliphatic carbocycles. The molecule has 4 nitrogen and oxygen atoms in total. The smallest absolute Gasteiger partial charge is 0.401 e. The number of rotatable bonds is 5. The molecule has 0 spiro atoms.